The molecule has 1 saturated heterocycles. The van der Waals surface area contributed by atoms with Crippen LogP contribution in [-0.2, 0) is 16.1 Å². The van der Waals surface area contributed by atoms with E-state index in [4.69, 9.17) is 23.2 Å². The summed E-state index contributed by atoms with van der Waals surface area (Å²) in [5.74, 6) is 0.0650. The van der Waals surface area contributed by atoms with Crippen molar-refractivity contribution in [2.75, 3.05) is 0 Å². The van der Waals surface area contributed by atoms with E-state index in [0.717, 1.165) is 5.56 Å². The number of carbonyl (C=O) groups excluding carboxylic acids is 2. The van der Waals surface area contributed by atoms with Gasteiger partial charge in [0.1, 0.15) is 0 Å². The van der Waals surface area contributed by atoms with Crippen molar-refractivity contribution in [2.24, 2.45) is 0 Å². The lowest BCUT2D eigenvalue weighted by molar-refractivity contribution is -0.129. The van der Waals surface area contributed by atoms with Crippen LogP contribution in [0.3, 0.4) is 0 Å². The molecule has 92 valence electrons. The predicted octanol–water partition coefficient (Wildman–Crippen LogP) is 3.05. The normalized spacial score (nSPS) is 20.0. The van der Waals surface area contributed by atoms with Crippen molar-refractivity contribution in [3.63, 3.8) is 0 Å². The summed E-state index contributed by atoms with van der Waals surface area (Å²) in [5, 5.41) is 1.49. The first kappa shape index (κ1) is 12.9. The summed E-state index contributed by atoms with van der Waals surface area (Å²) in [6.07, 6.45) is 1.39. The first-order valence-corrected chi connectivity index (χ1v) is 6.91. The zero-order valence-corrected chi connectivity index (χ0v) is 11.3. The maximum absolute atomic E-state index is 11.7. The molecule has 1 aromatic rings. The zero-order chi connectivity index (χ0) is 12.4. The molecule has 1 aliphatic heterocycles. The third-order valence-electron chi connectivity index (χ3n) is 2.88. The summed E-state index contributed by atoms with van der Waals surface area (Å²) in [7, 11) is 0. The van der Waals surface area contributed by atoms with E-state index in [1.807, 2.05) is 11.4 Å². The smallest absolute Gasteiger partial charge is 0.223 e. The highest BCUT2D eigenvalue weighted by molar-refractivity contribution is 7.14. The summed E-state index contributed by atoms with van der Waals surface area (Å²) >= 11 is 12.8. The molecule has 3 nitrogen and oxygen atoms in total. The van der Waals surface area contributed by atoms with Gasteiger partial charge in [-0.1, -0.05) is 11.6 Å². The van der Waals surface area contributed by atoms with Gasteiger partial charge in [0.2, 0.25) is 11.1 Å². The fourth-order valence-electron chi connectivity index (χ4n) is 2.02. The molecule has 2 rings (SSSR count). The molecule has 1 unspecified atom stereocenters. The molecule has 1 aromatic heterocycles. The van der Waals surface area contributed by atoms with Crippen molar-refractivity contribution in [1.29, 1.82) is 0 Å². The third-order valence-corrected chi connectivity index (χ3v) is 4.29. The van der Waals surface area contributed by atoms with Crippen molar-refractivity contribution in [3.8, 4) is 0 Å². The number of nitrogens with zero attached hydrogens (tertiary/aromatic N) is 1. The van der Waals surface area contributed by atoms with E-state index in [0.29, 0.717) is 23.7 Å². The molecule has 0 aliphatic carbocycles. The van der Waals surface area contributed by atoms with E-state index in [9.17, 15) is 9.59 Å². The molecule has 1 aliphatic rings. The molecule has 6 heteroatoms. The average molecular weight is 292 g/mol. The second-order valence-electron chi connectivity index (χ2n) is 3.99. The van der Waals surface area contributed by atoms with Gasteiger partial charge in [0.15, 0.2) is 0 Å². The second-order valence-corrected chi connectivity index (χ2v) is 5.93. The average Bonchev–Trinajstić information content (AvgIpc) is 2.79. The molecule has 0 saturated carbocycles. The number of likely N-dealkylation sites (tertiary alicyclic amines) is 1. The molecule has 1 fully saturated rings. The van der Waals surface area contributed by atoms with Gasteiger partial charge in [-0.3, -0.25) is 9.59 Å². The first-order valence-electron chi connectivity index (χ1n) is 5.27. The highest BCUT2D eigenvalue weighted by Gasteiger charge is 2.32. The quantitative estimate of drug-likeness (QED) is 0.800. The summed E-state index contributed by atoms with van der Waals surface area (Å²) in [6, 6.07) is 1.82. The highest BCUT2D eigenvalue weighted by atomic mass is 35.5. The summed E-state index contributed by atoms with van der Waals surface area (Å²) < 4.78 is 0.695. The van der Waals surface area contributed by atoms with E-state index in [2.05, 4.69) is 0 Å². The maximum Gasteiger partial charge on any atom is 0.223 e. The lowest BCUT2D eigenvalue weighted by Gasteiger charge is -2.23. The second kappa shape index (κ2) is 5.38. The fourth-order valence-corrected chi connectivity index (χ4v) is 3.11. The molecule has 0 N–H and O–H groups in total. The van der Waals surface area contributed by atoms with Gasteiger partial charge in [-0.05, 0) is 29.5 Å². The lowest BCUT2D eigenvalue weighted by atomic mass is 10.1. The van der Waals surface area contributed by atoms with Crippen LogP contribution >= 0.6 is 34.5 Å². The topological polar surface area (TPSA) is 37.4 Å². The molecule has 17 heavy (non-hydrogen) atoms. The molecule has 0 spiro atoms. The standard InChI is InChI=1S/C11H11Cl2NO2S/c12-9(15)5-8-1-2-10(16)14(8)6-7-3-4-17-11(7)13/h3-4,8H,1-2,5-6H2. The van der Waals surface area contributed by atoms with Gasteiger partial charge in [0, 0.05) is 31.0 Å². The largest absolute Gasteiger partial charge is 0.335 e. The van der Waals surface area contributed by atoms with Gasteiger partial charge < -0.3 is 4.90 Å². The Hall–Kier alpha value is -0.580. The first-order chi connectivity index (χ1) is 8.08. The molecule has 1 atom stereocenters. The summed E-state index contributed by atoms with van der Waals surface area (Å²) in [5.41, 5.74) is 0.930. The Morgan fingerprint density at radius 2 is 2.35 bits per heavy atom. The van der Waals surface area contributed by atoms with Crippen LogP contribution in [-0.4, -0.2) is 22.1 Å². The Morgan fingerprint density at radius 1 is 1.59 bits per heavy atom. The number of amides is 1. The van der Waals surface area contributed by atoms with E-state index in [1.165, 1.54) is 11.3 Å². The Kier molecular flexibility index (Phi) is 4.07. The van der Waals surface area contributed by atoms with Gasteiger partial charge in [-0.25, -0.2) is 0 Å². The lowest BCUT2D eigenvalue weighted by Crippen LogP contribution is -2.33. The zero-order valence-electron chi connectivity index (χ0n) is 8.99. The highest BCUT2D eigenvalue weighted by Crippen LogP contribution is 2.29. The minimum atomic E-state index is -0.397. The number of carbonyl (C=O) groups is 2. The van der Waals surface area contributed by atoms with Gasteiger partial charge in [0.05, 0.1) is 4.34 Å². The van der Waals surface area contributed by atoms with Gasteiger partial charge in [0.25, 0.3) is 0 Å². The molecule has 0 bridgehead atoms. The number of hydrogen-bond donors (Lipinski definition) is 0. The van der Waals surface area contributed by atoms with Crippen molar-refractivity contribution in [1.82, 2.24) is 4.90 Å². The maximum atomic E-state index is 11.7. The van der Waals surface area contributed by atoms with E-state index in [1.54, 1.807) is 4.90 Å². The SMILES string of the molecule is O=C(Cl)CC1CCC(=O)N1Cc1ccsc1Cl. The van der Waals surface area contributed by atoms with Crippen molar-refractivity contribution >= 4 is 45.7 Å². The molecule has 0 aromatic carbocycles. The minimum absolute atomic E-state index is 0.0650. The Morgan fingerprint density at radius 3 is 2.94 bits per heavy atom. The number of thiophene rings is 1. The monoisotopic (exact) mass is 291 g/mol. The van der Waals surface area contributed by atoms with Crippen LogP contribution in [0.25, 0.3) is 0 Å². The minimum Gasteiger partial charge on any atom is -0.335 e. The fraction of sp³-hybridized carbons (Fsp3) is 0.455. The van der Waals surface area contributed by atoms with Crippen molar-refractivity contribution < 1.29 is 9.59 Å². The number of halogens is 2. The molecular formula is C11H11Cl2NO2S. The van der Waals surface area contributed by atoms with Gasteiger partial charge >= 0.3 is 0 Å². The van der Waals surface area contributed by atoms with Crippen molar-refractivity contribution in [2.45, 2.75) is 31.8 Å². The van der Waals surface area contributed by atoms with Crippen LogP contribution < -0.4 is 0 Å². The van der Waals surface area contributed by atoms with Crippen molar-refractivity contribution in [3.05, 3.63) is 21.3 Å². The Labute approximate surface area is 113 Å². The molecule has 2 heterocycles. The van der Waals surface area contributed by atoms with Crippen LogP contribution in [0.15, 0.2) is 11.4 Å². The summed E-state index contributed by atoms with van der Waals surface area (Å²) in [6.45, 7) is 0.468. The molecular weight excluding hydrogens is 281 g/mol. The van der Waals surface area contributed by atoms with Gasteiger partial charge in [-0.15, -0.1) is 11.3 Å². The van der Waals surface area contributed by atoms with E-state index in [-0.39, 0.29) is 18.4 Å². The number of rotatable bonds is 4. The van der Waals surface area contributed by atoms with E-state index < -0.39 is 5.24 Å². The molecule has 0 radical (unpaired) electrons. The van der Waals surface area contributed by atoms with Crippen LogP contribution in [0, 0.1) is 0 Å². The van der Waals surface area contributed by atoms with Crippen LogP contribution in [0.1, 0.15) is 24.8 Å². The van der Waals surface area contributed by atoms with Gasteiger partial charge in [-0.2, -0.15) is 0 Å². The van der Waals surface area contributed by atoms with E-state index >= 15 is 0 Å². The molecule has 1 amide bonds. The Bertz CT molecular complexity index is 446. The number of hydrogen-bond acceptors (Lipinski definition) is 3. The predicted molar refractivity (Wildman–Crippen MR) is 68.4 cm³/mol. The van der Waals surface area contributed by atoms with Crippen LogP contribution in [0.5, 0.6) is 0 Å². The summed E-state index contributed by atoms with van der Waals surface area (Å²) in [4.78, 5) is 24.4. The third kappa shape index (κ3) is 3.00. The Balaban J connectivity index is 2.09. The van der Waals surface area contributed by atoms with Crippen LogP contribution in [0.2, 0.25) is 4.34 Å². The van der Waals surface area contributed by atoms with Crippen LogP contribution in [0.4, 0.5) is 0 Å².